The first kappa shape index (κ1) is 18.8. The summed E-state index contributed by atoms with van der Waals surface area (Å²) in [5.41, 5.74) is 16.0. The van der Waals surface area contributed by atoms with Crippen LogP contribution in [-0.4, -0.2) is 55.4 Å². The summed E-state index contributed by atoms with van der Waals surface area (Å²) >= 11 is 0. The SMILES string of the molecule is NC(N)=NCCC[C@H](N)C(=O)NC(=O)CNC(=O)[C@H]1CCCN1. The van der Waals surface area contributed by atoms with Gasteiger partial charge in [0, 0.05) is 6.54 Å². The molecule has 10 heteroatoms. The first-order chi connectivity index (χ1) is 10.9. The van der Waals surface area contributed by atoms with E-state index in [1.54, 1.807) is 0 Å². The summed E-state index contributed by atoms with van der Waals surface area (Å²) in [4.78, 5) is 38.8. The van der Waals surface area contributed by atoms with Crippen LogP contribution >= 0.6 is 0 Å². The highest BCUT2D eigenvalue weighted by Crippen LogP contribution is 2.04. The smallest absolute Gasteiger partial charge is 0.245 e. The molecule has 1 aliphatic heterocycles. The Kier molecular flexibility index (Phi) is 7.98. The molecular weight excluding hydrogens is 302 g/mol. The zero-order valence-electron chi connectivity index (χ0n) is 13.0. The highest BCUT2D eigenvalue weighted by atomic mass is 16.2. The van der Waals surface area contributed by atoms with Crippen molar-refractivity contribution in [3.63, 3.8) is 0 Å². The summed E-state index contributed by atoms with van der Waals surface area (Å²) in [5.74, 6) is -1.45. The number of amides is 3. The Morgan fingerprint density at radius 1 is 1.30 bits per heavy atom. The molecule has 3 amide bonds. The van der Waals surface area contributed by atoms with E-state index < -0.39 is 17.9 Å². The zero-order valence-corrected chi connectivity index (χ0v) is 13.0. The van der Waals surface area contributed by atoms with Crippen LogP contribution in [0.3, 0.4) is 0 Å². The molecule has 23 heavy (non-hydrogen) atoms. The fourth-order valence-electron chi connectivity index (χ4n) is 2.12. The van der Waals surface area contributed by atoms with Gasteiger partial charge in [-0.25, -0.2) is 0 Å². The molecule has 0 spiro atoms. The van der Waals surface area contributed by atoms with E-state index in [0.717, 1.165) is 19.4 Å². The molecule has 0 radical (unpaired) electrons. The van der Waals surface area contributed by atoms with Gasteiger partial charge in [-0.3, -0.25) is 24.7 Å². The van der Waals surface area contributed by atoms with Gasteiger partial charge in [0.2, 0.25) is 17.7 Å². The minimum atomic E-state index is -0.833. The monoisotopic (exact) mass is 327 g/mol. The van der Waals surface area contributed by atoms with Gasteiger partial charge in [0.1, 0.15) is 0 Å². The summed E-state index contributed by atoms with van der Waals surface area (Å²) in [6, 6.07) is -1.10. The Bertz CT molecular complexity index is 456. The van der Waals surface area contributed by atoms with E-state index in [-0.39, 0.29) is 24.5 Å². The average molecular weight is 327 g/mol. The fourth-order valence-corrected chi connectivity index (χ4v) is 2.12. The van der Waals surface area contributed by atoms with Gasteiger partial charge in [-0.1, -0.05) is 0 Å². The molecule has 0 aromatic heterocycles. The van der Waals surface area contributed by atoms with Crippen LogP contribution < -0.4 is 33.2 Å². The molecule has 1 rings (SSSR count). The quantitative estimate of drug-likeness (QED) is 0.155. The number of nitrogens with two attached hydrogens (primary N) is 3. The number of aliphatic imine (C=N–C) groups is 1. The summed E-state index contributed by atoms with van der Waals surface area (Å²) in [6.45, 7) is 0.892. The van der Waals surface area contributed by atoms with E-state index in [9.17, 15) is 14.4 Å². The third kappa shape index (κ3) is 7.56. The van der Waals surface area contributed by atoms with Crippen molar-refractivity contribution in [1.29, 1.82) is 0 Å². The molecule has 130 valence electrons. The molecule has 2 atom stereocenters. The number of carbonyl (C=O) groups is 3. The Balaban J connectivity index is 2.20. The number of nitrogens with one attached hydrogen (secondary N) is 3. The van der Waals surface area contributed by atoms with Gasteiger partial charge in [-0.15, -0.1) is 0 Å². The van der Waals surface area contributed by atoms with Gasteiger partial charge in [0.05, 0.1) is 18.6 Å². The van der Waals surface area contributed by atoms with Crippen LogP contribution in [0.5, 0.6) is 0 Å². The van der Waals surface area contributed by atoms with Crippen LogP contribution in [0.2, 0.25) is 0 Å². The van der Waals surface area contributed by atoms with Crippen molar-refractivity contribution in [2.75, 3.05) is 19.6 Å². The van der Waals surface area contributed by atoms with Gasteiger partial charge in [-0.05, 0) is 32.2 Å². The fraction of sp³-hybridized carbons (Fsp3) is 0.692. The predicted molar refractivity (Wildman–Crippen MR) is 85.1 cm³/mol. The molecule has 1 aliphatic rings. The molecule has 0 aromatic rings. The van der Waals surface area contributed by atoms with Crippen molar-refractivity contribution >= 4 is 23.7 Å². The number of nitrogens with zero attached hydrogens (tertiary/aromatic N) is 1. The van der Waals surface area contributed by atoms with Crippen molar-refractivity contribution in [3.05, 3.63) is 0 Å². The Labute approximate surface area is 134 Å². The predicted octanol–water partition coefficient (Wildman–Crippen LogP) is -3.12. The van der Waals surface area contributed by atoms with Crippen molar-refractivity contribution in [3.8, 4) is 0 Å². The van der Waals surface area contributed by atoms with Crippen molar-refractivity contribution in [2.24, 2.45) is 22.2 Å². The Morgan fingerprint density at radius 2 is 2.04 bits per heavy atom. The van der Waals surface area contributed by atoms with Gasteiger partial charge in [0.25, 0.3) is 0 Å². The van der Waals surface area contributed by atoms with Crippen LogP contribution in [0.1, 0.15) is 25.7 Å². The molecule has 1 heterocycles. The molecule has 9 N–H and O–H groups in total. The number of hydrogen-bond acceptors (Lipinski definition) is 6. The van der Waals surface area contributed by atoms with Crippen molar-refractivity contribution in [1.82, 2.24) is 16.0 Å². The number of hydrogen-bond donors (Lipinski definition) is 6. The molecule has 0 unspecified atom stereocenters. The van der Waals surface area contributed by atoms with E-state index in [0.29, 0.717) is 19.4 Å². The van der Waals surface area contributed by atoms with E-state index in [2.05, 4.69) is 20.9 Å². The van der Waals surface area contributed by atoms with Gasteiger partial charge in [0.15, 0.2) is 5.96 Å². The maximum atomic E-state index is 11.7. The topological polar surface area (TPSA) is 178 Å². The summed E-state index contributed by atoms with van der Waals surface area (Å²) < 4.78 is 0. The summed E-state index contributed by atoms with van der Waals surface area (Å²) in [6.07, 6.45) is 2.53. The van der Waals surface area contributed by atoms with Crippen LogP contribution in [0, 0.1) is 0 Å². The highest BCUT2D eigenvalue weighted by molar-refractivity contribution is 5.99. The molecule has 10 nitrogen and oxygen atoms in total. The lowest BCUT2D eigenvalue weighted by molar-refractivity contribution is -0.132. The van der Waals surface area contributed by atoms with Crippen LogP contribution in [0.15, 0.2) is 4.99 Å². The maximum absolute atomic E-state index is 11.7. The van der Waals surface area contributed by atoms with Crippen LogP contribution in [0.4, 0.5) is 0 Å². The Morgan fingerprint density at radius 3 is 2.65 bits per heavy atom. The minimum absolute atomic E-state index is 0.0225. The highest BCUT2D eigenvalue weighted by Gasteiger charge is 2.22. The first-order valence-corrected chi connectivity index (χ1v) is 7.56. The second-order valence-electron chi connectivity index (χ2n) is 5.33. The lowest BCUT2D eigenvalue weighted by Crippen LogP contribution is -2.49. The number of imide groups is 1. The molecule has 0 bridgehead atoms. The van der Waals surface area contributed by atoms with Crippen molar-refractivity contribution in [2.45, 2.75) is 37.8 Å². The number of carbonyl (C=O) groups excluding carboxylic acids is 3. The minimum Gasteiger partial charge on any atom is -0.370 e. The first-order valence-electron chi connectivity index (χ1n) is 7.56. The van der Waals surface area contributed by atoms with E-state index >= 15 is 0 Å². The van der Waals surface area contributed by atoms with Gasteiger partial charge >= 0.3 is 0 Å². The molecule has 0 aromatic carbocycles. The van der Waals surface area contributed by atoms with Crippen LogP contribution in [-0.2, 0) is 14.4 Å². The van der Waals surface area contributed by atoms with Gasteiger partial charge < -0.3 is 27.8 Å². The molecule has 1 fully saturated rings. The number of guanidine groups is 1. The van der Waals surface area contributed by atoms with Gasteiger partial charge in [-0.2, -0.15) is 0 Å². The van der Waals surface area contributed by atoms with E-state index in [1.165, 1.54) is 0 Å². The second kappa shape index (κ2) is 9.74. The maximum Gasteiger partial charge on any atom is 0.245 e. The number of rotatable bonds is 8. The average Bonchev–Trinajstić information content (AvgIpc) is 3.03. The third-order valence-electron chi connectivity index (χ3n) is 3.37. The molecular formula is C13H25N7O3. The largest absolute Gasteiger partial charge is 0.370 e. The standard InChI is InChI=1S/C13H25N7O3/c14-8(3-1-6-18-13(15)16)11(22)20-10(21)7-19-12(23)9-4-2-5-17-9/h8-9,17H,1-7,14H2,(H,19,23)(H4,15,16,18)(H,20,21,22)/t8-,9+/m0/s1. The summed E-state index contributed by atoms with van der Waals surface area (Å²) in [5, 5.41) is 7.65. The zero-order chi connectivity index (χ0) is 17.2. The molecule has 0 saturated carbocycles. The second-order valence-corrected chi connectivity index (χ2v) is 5.33. The summed E-state index contributed by atoms with van der Waals surface area (Å²) in [7, 11) is 0. The van der Waals surface area contributed by atoms with Crippen LogP contribution in [0.25, 0.3) is 0 Å². The normalized spacial score (nSPS) is 18.0. The van der Waals surface area contributed by atoms with Crippen molar-refractivity contribution < 1.29 is 14.4 Å². The van der Waals surface area contributed by atoms with E-state index in [4.69, 9.17) is 17.2 Å². The Hall–Kier alpha value is -2.20. The lowest BCUT2D eigenvalue weighted by atomic mass is 10.1. The lowest BCUT2D eigenvalue weighted by Gasteiger charge is -2.13. The van der Waals surface area contributed by atoms with E-state index in [1.807, 2.05) is 0 Å². The molecule has 0 aliphatic carbocycles. The molecule has 1 saturated heterocycles. The third-order valence-corrected chi connectivity index (χ3v) is 3.37.